The van der Waals surface area contributed by atoms with Gasteiger partial charge in [-0.05, 0) is 29.9 Å². The normalized spacial score (nSPS) is 14.1. The zero-order chi connectivity index (χ0) is 21.6. The molecule has 0 radical (unpaired) electrons. The van der Waals surface area contributed by atoms with Crippen molar-refractivity contribution in [2.45, 2.75) is 46.2 Å². The predicted molar refractivity (Wildman–Crippen MR) is 119 cm³/mol. The van der Waals surface area contributed by atoms with Crippen molar-refractivity contribution in [2.24, 2.45) is 11.3 Å². The molecule has 3 atom stereocenters. The van der Waals surface area contributed by atoms with Gasteiger partial charge >= 0.3 is 13.3 Å². The molecular formula is C24H32O4P+. The number of hydrogen-bond acceptors (Lipinski definition) is 4. The molecule has 0 aromatic heterocycles. The molecule has 0 aliphatic carbocycles. The average molecular weight is 415 g/mol. The molecule has 0 N–H and O–H groups in total. The first-order chi connectivity index (χ1) is 13.7. The highest BCUT2D eigenvalue weighted by molar-refractivity contribution is 7.64. The van der Waals surface area contributed by atoms with Gasteiger partial charge in [0.1, 0.15) is 11.5 Å². The highest BCUT2D eigenvalue weighted by atomic mass is 31.1. The summed E-state index contributed by atoms with van der Waals surface area (Å²) in [6.07, 6.45) is 1.67. The van der Waals surface area contributed by atoms with Gasteiger partial charge in [0.25, 0.3) is 0 Å². The predicted octanol–water partition coefficient (Wildman–Crippen LogP) is 6.88. The van der Waals surface area contributed by atoms with Gasteiger partial charge in [-0.15, -0.1) is 0 Å². The summed E-state index contributed by atoms with van der Waals surface area (Å²) in [6.45, 7) is 8.77. The Morgan fingerprint density at radius 2 is 1.52 bits per heavy atom. The Labute approximate surface area is 175 Å². The van der Waals surface area contributed by atoms with Crippen molar-refractivity contribution in [2.75, 3.05) is 14.2 Å². The molecule has 0 saturated carbocycles. The summed E-state index contributed by atoms with van der Waals surface area (Å²) in [5.74, 6) is 1.09. The maximum Gasteiger partial charge on any atom is 0.428 e. The Morgan fingerprint density at radius 1 is 0.966 bits per heavy atom. The lowest BCUT2D eigenvalue weighted by Gasteiger charge is -2.24. The highest BCUT2D eigenvalue weighted by Crippen LogP contribution is 2.50. The van der Waals surface area contributed by atoms with E-state index in [1.807, 2.05) is 30.3 Å². The summed E-state index contributed by atoms with van der Waals surface area (Å²) in [5, 5.41) is 0. The van der Waals surface area contributed by atoms with Gasteiger partial charge in [-0.25, -0.2) is 4.79 Å². The molecule has 4 nitrogen and oxygen atoms in total. The Hall–Kier alpha value is -2.19. The van der Waals surface area contributed by atoms with Gasteiger partial charge in [-0.3, -0.25) is 0 Å². The topological polar surface area (TPSA) is 52.6 Å². The van der Waals surface area contributed by atoms with Crippen molar-refractivity contribution >= 4 is 13.3 Å². The first-order valence-electron chi connectivity index (χ1n) is 9.94. The van der Waals surface area contributed by atoms with E-state index in [1.54, 1.807) is 18.2 Å². The molecule has 0 saturated heterocycles. The second-order valence-electron chi connectivity index (χ2n) is 8.70. The SMILES string of the molecule is COc1cccc(OC)c1C(=O)[P+](=O)C(CC(C)CC(C)(C)C)c1ccccc1. The average Bonchev–Trinajstić information content (AvgIpc) is 2.69. The Morgan fingerprint density at radius 3 is 2.00 bits per heavy atom. The maximum absolute atomic E-state index is 13.6. The van der Waals surface area contributed by atoms with Crippen LogP contribution in [0.4, 0.5) is 0 Å². The number of benzene rings is 2. The quantitative estimate of drug-likeness (QED) is 0.419. The van der Waals surface area contributed by atoms with Crippen LogP contribution in [0.1, 0.15) is 62.1 Å². The van der Waals surface area contributed by atoms with Crippen LogP contribution in [0, 0.1) is 11.3 Å². The van der Waals surface area contributed by atoms with Crippen LogP contribution in [0.2, 0.25) is 0 Å². The molecule has 0 heterocycles. The van der Waals surface area contributed by atoms with E-state index < -0.39 is 13.3 Å². The van der Waals surface area contributed by atoms with E-state index in [0.29, 0.717) is 23.8 Å². The fourth-order valence-corrected chi connectivity index (χ4v) is 5.58. The zero-order valence-electron chi connectivity index (χ0n) is 18.3. The van der Waals surface area contributed by atoms with E-state index in [0.717, 1.165) is 12.0 Å². The summed E-state index contributed by atoms with van der Waals surface area (Å²) in [7, 11) is 0.773. The van der Waals surface area contributed by atoms with Crippen LogP contribution in [0.15, 0.2) is 48.5 Å². The first kappa shape index (κ1) is 23.1. The summed E-state index contributed by atoms with van der Waals surface area (Å²) < 4.78 is 24.3. The standard InChI is InChI=1S/C24H32O4P/c1-17(16-24(2,3)4)15-21(18-11-8-7-9-12-18)29(26)23(25)22-19(27-5)13-10-14-20(22)28-6/h7-14,17,21H,15-16H2,1-6H3/q+1. The molecule has 0 aliphatic heterocycles. The fraction of sp³-hybridized carbons (Fsp3) is 0.458. The van der Waals surface area contributed by atoms with E-state index >= 15 is 0 Å². The Bertz CT molecular complexity index is 817. The lowest BCUT2D eigenvalue weighted by atomic mass is 9.83. The zero-order valence-corrected chi connectivity index (χ0v) is 19.2. The van der Waals surface area contributed by atoms with Crippen LogP contribution < -0.4 is 9.47 Å². The summed E-state index contributed by atoms with van der Waals surface area (Å²) >= 11 is 0. The first-order valence-corrected chi connectivity index (χ1v) is 11.3. The number of ether oxygens (including phenoxy) is 2. The number of hydrogen-bond donors (Lipinski definition) is 0. The third-order valence-corrected chi connectivity index (χ3v) is 6.59. The van der Waals surface area contributed by atoms with Gasteiger partial charge in [0.2, 0.25) is 0 Å². The molecule has 156 valence electrons. The molecule has 0 bridgehead atoms. The number of rotatable bonds is 9. The van der Waals surface area contributed by atoms with Crippen molar-refractivity contribution in [3.05, 3.63) is 59.7 Å². The molecule has 0 aliphatic rings. The number of carbonyl (C=O) groups is 1. The minimum absolute atomic E-state index is 0.169. The van der Waals surface area contributed by atoms with Crippen LogP contribution in [-0.2, 0) is 4.57 Å². The lowest BCUT2D eigenvalue weighted by molar-refractivity contribution is 0.107. The summed E-state index contributed by atoms with van der Waals surface area (Å²) in [5.41, 5.74) is 0.568. The Balaban J connectivity index is 2.41. The third-order valence-electron chi connectivity index (χ3n) is 4.90. The molecule has 2 aromatic carbocycles. The maximum atomic E-state index is 13.6. The highest BCUT2D eigenvalue weighted by Gasteiger charge is 2.44. The van der Waals surface area contributed by atoms with Crippen LogP contribution in [0.5, 0.6) is 11.5 Å². The van der Waals surface area contributed by atoms with Crippen molar-refractivity contribution in [3.63, 3.8) is 0 Å². The van der Waals surface area contributed by atoms with Crippen LogP contribution >= 0.6 is 7.80 Å². The van der Waals surface area contributed by atoms with E-state index in [4.69, 9.17) is 9.47 Å². The third kappa shape index (κ3) is 6.14. The van der Waals surface area contributed by atoms with E-state index in [1.165, 1.54) is 14.2 Å². The van der Waals surface area contributed by atoms with Gasteiger partial charge in [0.15, 0.2) is 11.2 Å². The molecule has 3 unspecified atom stereocenters. The minimum Gasteiger partial charge on any atom is -0.496 e. The van der Waals surface area contributed by atoms with Gasteiger partial charge in [-0.2, -0.15) is 0 Å². The van der Waals surface area contributed by atoms with Crippen LogP contribution in [0.25, 0.3) is 0 Å². The van der Waals surface area contributed by atoms with Crippen molar-refractivity contribution in [1.29, 1.82) is 0 Å². The lowest BCUT2D eigenvalue weighted by Crippen LogP contribution is -2.14. The monoisotopic (exact) mass is 415 g/mol. The molecule has 0 spiro atoms. The molecule has 0 amide bonds. The van der Waals surface area contributed by atoms with Crippen LogP contribution in [0.3, 0.4) is 0 Å². The van der Waals surface area contributed by atoms with E-state index in [9.17, 15) is 9.36 Å². The number of methoxy groups -OCH3 is 2. The van der Waals surface area contributed by atoms with E-state index in [-0.39, 0.29) is 16.6 Å². The van der Waals surface area contributed by atoms with E-state index in [2.05, 4.69) is 27.7 Å². The Kier molecular flexibility index (Phi) is 7.98. The molecule has 2 aromatic rings. The largest absolute Gasteiger partial charge is 0.496 e. The van der Waals surface area contributed by atoms with Gasteiger partial charge < -0.3 is 9.47 Å². The molecule has 2 rings (SSSR count). The van der Waals surface area contributed by atoms with Gasteiger partial charge in [0, 0.05) is 12.0 Å². The molecule has 0 fully saturated rings. The smallest absolute Gasteiger partial charge is 0.428 e. The van der Waals surface area contributed by atoms with Gasteiger partial charge in [0.05, 0.1) is 14.2 Å². The van der Waals surface area contributed by atoms with Gasteiger partial charge in [-0.1, -0.05) is 68.7 Å². The minimum atomic E-state index is -2.22. The summed E-state index contributed by atoms with van der Waals surface area (Å²) in [4.78, 5) is 13.3. The van der Waals surface area contributed by atoms with Crippen molar-refractivity contribution in [1.82, 2.24) is 0 Å². The van der Waals surface area contributed by atoms with Crippen molar-refractivity contribution in [3.8, 4) is 11.5 Å². The second-order valence-corrected chi connectivity index (χ2v) is 10.4. The number of carbonyl (C=O) groups excluding carboxylic acids is 1. The molecule has 5 heteroatoms. The molecule has 29 heavy (non-hydrogen) atoms. The van der Waals surface area contributed by atoms with Crippen molar-refractivity contribution < 1.29 is 18.8 Å². The molecular weight excluding hydrogens is 383 g/mol. The second kappa shape index (κ2) is 10.0. The van der Waals surface area contributed by atoms with Crippen LogP contribution in [-0.4, -0.2) is 19.7 Å². The summed E-state index contributed by atoms with van der Waals surface area (Å²) in [6, 6.07) is 14.8. The fourth-order valence-electron chi connectivity index (χ4n) is 3.87.